The Morgan fingerprint density at radius 3 is 2.36 bits per heavy atom. The number of ether oxygens (including phenoxy) is 1. The van der Waals surface area contributed by atoms with Crippen LogP contribution in [0.15, 0.2) is 30.6 Å². The summed E-state index contributed by atoms with van der Waals surface area (Å²) in [6, 6.07) is 5.62. The first-order valence-corrected chi connectivity index (χ1v) is 12.3. The van der Waals surface area contributed by atoms with Crippen LogP contribution >= 0.6 is 0 Å². The summed E-state index contributed by atoms with van der Waals surface area (Å²) >= 11 is 0. The summed E-state index contributed by atoms with van der Waals surface area (Å²) in [4.78, 5) is 21.7. The van der Waals surface area contributed by atoms with Crippen LogP contribution in [0.3, 0.4) is 0 Å². The maximum absolute atomic E-state index is 13.7. The van der Waals surface area contributed by atoms with Crippen molar-refractivity contribution in [2.24, 2.45) is 5.92 Å². The van der Waals surface area contributed by atoms with Crippen molar-refractivity contribution in [1.29, 1.82) is 5.26 Å². The van der Waals surface area contributed by atoms with Crippen molar-refractivity contribution < 1.29 is 13.9 Å². The number of nitrogens with zero attached hydrogens (tertiary/aromatic N) is 3. The molecule has 1 aromatic carbocycles. The van der Waals surface area contributed by atoms with E-state index in [1.165, 1.54) is 62.6 Å². The lowest BCUT2D eigenvalue weighted by Gasteiger charge is -2.26. The van der Waals surface area contributed by atoms with Crippen molar-refractivity contribution in [1.82, 2.24) is 9.97 Å². The van der Waals surface area contributed by atoms with Gasteiger partial charge in [0.05, 0.1) is 11.5 Å². The fraction of sp³-hybridized carbons (Fsp3) is 0.556. The highest BCUT2D eigenvalue weighted by Gasteiger charge is 2.29. The number of unbranched alkanes of at least 4 members (excludes halogenated alkanes) is 6. The van der Waals surface area contributed by atoms with Gasteiger partial charge in [0.25, 0.3) is 0 Å². The smallest absolute Gasteiger partial charge is 0.314 e. The summed E-state index contributed by atoms with van der Waals surface area (Å²) in [5.41, 5.74) is 1.13. The molecular weight excluding hydrogens is 417 g/mol. The van der Waals surface area contributed by atoms with E-state index in [1.54, 1.807) is 6.07 Å². The summed E-state index contributed by atoms with van der Waals surface area (Å²) < 4.78 is 19.1. The first-order valence-electron chi connectivity index (χ1n) is 12.3. The molecule has 1 saturated carbocycles. The van der Waals surface area contributed by atoms with Crippen LogP contribution in [0.4, 0.5) is 4.39 Å². The first kappa shape index (κ1) is 24.8. The molecule has 33 heavy (non-hydrogen) atoms. The minimum absolute atomic E-state index is 0.0660. The summed E-state index contributed by atoms with van der Waals surface area (Å²) in [6.45, 7) is 2.24. The Balaban J connectivity index is 1.40. The topological polar surface area (TPSA) is 75.9 Å². The molecule has 0 amide bonds. The van der Waals surface area contributed by atoms with E-state index >= 15 is 0 Å². The molecule has 1 heterocycles. The third-order valence-electron chi connectivity index (χ3n) is 6.50. The zero-order valence-electron chi connectivity index (χ0n) is 19.6. The average Bonchev–Trinajstić information content (AvgIpc) is 2.84. The van der Waals surface area contributed by atoms with E-state index < -0.39 is 5.82 Å². The molecule has 0 unspecified atom stereocenters. The molecule has 176 valence electrons. The molecule has 5 nitrogen and oxygen atoms in total. The molecule has 0 saturated heterocycles. The van der Waals surface area contributed by atoms with Gasteiger partial charge in [-0.25, -0.2) is 14.4 Å². The number of nitriles is 1. The second-order valence-corrected chi connectivity index (χ2v) is 9.04. The molecule has 1 aromatic heterocycles. The minimum Gasteiger partial charge on any atom is -0.426 e. The van der Waals surface area contributed by atoms with E-state index in [0.717, 1.165) is 31.2 Å². The number of carbonyl (C=O) groups excluding carboxylic acids is 1. The van der Waals surface area contributed by atoms with Crippen LogP contribution in [0.2, 0.25) is 0 Å². The number of hydrogen-bond acceptors (Lipinski definition) is 5. The molecule has 1 aliphatic rings. The van der Waals surface area contributed by atoms with Crippen LogP contribution in [0, 0.1) is 23.1 Å². The third kappa shape index (κ3) is 7.63. The van der Waals surface area contributed by atoms with E-state index in [0.29, 0.717) is 12.8 Å². The van der Waals surface area contributed by atoms with Crippen molar-refractivity contribution in [3.63, 3.8) is 0 Å². The van der Waals surface area contributed by atoms with Gasteiger partial charge in [0.15, 0.2) is 0 Å². The van der Waals surface area contributed by atoms with Crippen LogP contribution < -0.4 is 4.74 Å². The quantitative estimate of drug-likeness (QED) is 0.217. The number of halogens is 1. The lowest BCUT2D eigenvalue weighted by Crippen LogP contribution is -2.25. The molecule has 1 aliphatic carbocycles. The fourth-order valence-electron chi connectivity index (χ4n) is 4.43. The SMILES string of the molecule is CCCCCCCCCc1cnc(C2CCC(C(=O)Oc3ccc(C#N)c(F)c3)CC2)nc1. The second-order valence-electron chi connectivity index (χ2n) is 9.04. The summed E-state index contributed by atoms with van der Waals surface area (Å²) in [6.07, 6.45) is 17.1. The Morgan fingerprint density at radius 2 is 1.73 bits per heavy atom. The second kappa shape index (κ2) is 13.0. The Kier molecular flexibility index (Phi) is 9.80. The largest absolute Gasteiger partial charge is 0.426 e. The first-order chi connectivity index (χ1) is 16.1. The van der Waals surface area contributed by atoms with Gasteiger partial charge in [0.1, 0.15) is 23.5 Å². The number of rotatable bonds is 11. The van der Waals surface area contributed by atoms with Crippen LogP contribution in [0.5, 0.6) is 5.75 Å². The maximum atomic E-state index is 13.7. The van der Waals surface area contributed by atoms with Crippen molar-refractivity contribution in [2.75, 3.05) is 0 Å². The van der Waals surface area contributed by atoms with Gasteiger partial charge in [-0.15, -0.1) is 0 Å². The molecule has 0 aliphatic heterocycles. The van der Waals surface area contributed by atoms with E-state index in [2.05, 4.69) is 16.9 Å². The van der Waals surface area contributed by atoms with Gasteiger partial charge in [0.2, 0.25) is 0 Å². The van der Waals surface area contributed by atoms with Crippen LogP contribution in [-0.2, 0) is 11.2 Å². The Hall–Kier alpha value is -2.81. The zero-order chi connectivity index (χ0) is 23.5. The number of esters is 1. The van der Waals surface area contributed by atoms with Gasteiger partial charge < -0.3 is 4.74 Å². The molecule has 0 spiro atoms. The van der Waals surface area contributed by atoms with E-state index in [9.17, 15) is 9.18 Å². The number of aromatic nitrogens is 2. The zero-order valence-corrected chi connectivity index (χ0v) is 19.6. The average molecular weight is 452 g/mol. The van der Waals surface area contributed by atoms with Gasteiger partial charge in [-0.1, -0.05) is 45.4 Å². The third-order valence-corrected chi connectivity index (χ3v) is 6.50. The Labute approximate surface area is 196 Å². The molecule has 6 heteroatoms. The molecular formula is C27H34FN3O2. The Bertz CT molecular complexity index is 931. The minimum atomic E-state index is -0.681. The van der Waals surface area contributed by atoms with Crippen LogP contribution in [0.1, 0.15) is 100 Å². The van der Waals surface area contributed by atoms with Gasteiger partial charge >= 0.3 is 5.97 Å². The standard InChI is InChI=1S/C27H34FN3O2/c1-2-3-4-5-6-7-8-9-20-18-30-26(31-19-20)21-10-12-22(13-11-21)27(32)33-24-15-14-23(17-29)25(28)16-24/h14-16,18-19,21-22H,2-13H2,1H3. The summed E-state index contributed by atoms with van der Waals surface area (Å²) in [5.74, 6) is 0.0194. The highest BCUT2D eigenvalue weighted by molar-refractivity contribution is 5.75. The molecule has 1 fully saturated rings. The lowest BCUT2D eigenvalue weighted by molar-refractivity contribution is -0.140. The lowest BCUT2D eigenvalue weighted by atomic mass is 9.81. The number of benzene rings is 1. The molecule has 3 rings (SSSR count). The van der Waals surface area contributed by atoms with E-state index in [1.807, 2.05) is 12.4 Å². The van der Waals surface area contributed by atoms with E-state index in [-0.39, 0.29) is 29.1 Å². The van der Waals surface area contributed by atoms with Crippen molar-refractivity contribution in [2.45, 2.75) is 89.9 Å². The number of aryl methyl sites for hydroxylation is 1. The highest BCUT2D eigenvalue weighted by Crippen LogP contribution is 2.35. The number of hydrogen-bond donors (Lipinski definition) is 0. The summed E-state index contributed by atoms with van der Waals surface area (Å²) in [7, 11) is 0. The van der Waals surface area contributed by atoms with Crippen LogP contribution in [0.25, 0.3) is 0 Å². The fourth-order valence-corrected chi connectivity index (χ4v) is 4.43. The normalized spacial score (nSPS) is 18.0. The van der Waals surface area contributed by atoms with E-state index in [4.69, 9.17) is 10.00 Å². The predicted octanol–water partition coefficient (Wildman–Crippen LogP) is 6.66. The molecule has 0 N–H and O–H groups in total. The molecule has 0 bridgehead atoms. The Morgan fingerprint density at radius 1 is 1.06 bits per heavy atom. The molecule has 2 aromatic rings. The highest BCUT2D eigenvalue weighted by atomic mass is 19.1. The van der Waals surface area contributed by atoms with Crippen LogP contribution in [-0.4, -0.2) is 15.9 Å². The molecule has 0 atom stereocenters. The van der Waals surface area contributed by atoms with Crippen molar-refractivity contribution >= 4 is 5.97 Å². The van der Waals surface area contributed by atoms with Gasteiger partial charge in [-0.05, 0) is 56.2 Å². The predicted molar refractivity (Wildman–Crippen MR) is 125 cm³/mol. The van der Waals surface area contributed by atoms with Crippen molar-refractivity contribution in [3.05, 3.63) is 53.4 Å². The summed E-state index contributed by atoms with van der Waals surface area (Å²) in [5, 5.41) is 8.80. The number of carbonyl (C=O) groups is 1. The van der Waals surface area contributed by atoms with Gasteiger partial charge in [-0.3, -0.25) is 4.79 Å². The van der Waals surface area contributed by atoms with Gasteiger partial charge in [-0.2, -0.15) is 5.26 Å². The van der Waals surface area contributed by atoms with Crippen molar-refractivity contribution in [3.8, 4) is 11.8 Å². The maximum Gasteiger partial charge on any atom is 0.314 e. The monoisotopic (exact) mass is 451 g/mol. The molecule has 0 radical (unpaired) electrons. The van der Waals surface area contributed by atoms with Gasteiger partial charge in [0, 0.05) is 24.4 Å².